The zero-order valence-corrected chi connectivity index (χ0v) is 12.2. The predicted octanol–water partition coefficient (Wildman–Crippen LogP) is 0.837. The van der Waals surface area contributed by atoms with Gasteiger partial charge < -0.3 is 4.74 Å². The highest BCUT2D eigenvalue weighted by atomic mass is 32.2. The van der Waals surface area contributed by atoms with Crippen molar-refractivity contribution in [2.24, 2.45) is 0 Å². The number of carbonyl (C=O) groups excluding carboxylic acids is 1. The average Bonchev–Trinajstić information content (AvgIpc) is 2.69. The Morgan fingerprint density at radius 1 is 1.50 bits per heavy atom. The zero-order valence-electron chi connectivity index (χ0n) is 11.4. The number of nitrogens with zero attached hydrogens (tertiary/aromatic N) is 1. The molecular formula is C12H23NO4S. The molecule has 0 aromatic rings. The maximum atomic E-state index is 11.8. The van der Waals surface area contributed by atoms with Crippen LogP contribution in [0.25, 0.3) is 0 Å². The molecule has 0 aliphatic carbocycles. The van der Waals surface area contributed by atoms with Crippen molar-refractivity contribution in [3.63, 3.8) is 0 Å². The number of unbranched alkanes of at least 4 members (excludes halogenated alkanes) is 1. The number of hydrogen-bond donors (Lipinski definition) is 0. The molecule has 1 saturated heterocycles. The molecule has 6 heteroatoms. The van der Waals surface area contributed by atoms with Gasteiger partial charge in [-0.15, -0.1) is 0 Å². The predicted molar refractivity (Wildman–Crippen MR) is 70.2 cm³/mol. The highest BCUT2D eigenvalue weighted by Gasteiger charge is 2.36. The van der Waals surface area contributed by atoms with Crippen molar-refractivity contribution < 1.29 is 17.9 Å². The average molecular weight is 277 g/mol. The van der Waals surface area contributed by atoms with E-state index >= 15 is 0 Å². The Kier molecular flexibility index (Phi) is 5.59. The second-order valence-electron chi connectivity index (χ2n) is 4.90. The smallest absolute Gasteiger partial charge is 0.323 e. The Hall–Kier alpha value is -0.620. The molecule has 0 amide bonds. The summed E-state index contributed by atoms with van der Waals surface area (Å²) in [6, 6.07) is -0.385. The molecule has 2 atom stereocenters. The van der Waals surface area contributed by atoms with Crippen LogP contribution in [0.3, 0.4) is 0 Å². The molecule has 1 fully saturated rings. The molecule has 0 saturated carbocycles. The van der Waals surface area contributed by atoms with E-state index in [0.717, 1.165) is 19.3 Å². The first kappa shape index (κ1) is 15.4. The standard InChI is InChI=1S/C12H23NO4S/c1-4-5-6-11(12(14)17-3)13(2)10-7-8-18(15,16)9-10/h10-11H,4-9H2,1-3H3. The van der Waals surface area contributed by atoms with Gasteiger partial charge in [-0.1, -0.05) is 19.8 Å². The highest BCUT2D eigenvalue weighted by molar-refractivity contribution is 7.91. The summed E-state index contributed by atoms with van der Waals surface area (Å²) in [4.78, 5) is 13.6. The monoisotopic (exact) mass is 277 g/mol. The molecule has 0 aromatic carbocycles. The summed E-state index contributed by atoms with van der Waals surface area (Å²) in [5.74, 6) is 0.113. The molecule has 0 aromatic heterocycles. The van der Waals surface area contributed by atoms with Crippen LogP contribution >= 0.6 is 0 Å². The molecule has 2 unspecified atom stereocenters. The van der Waals surface area contributed by atoms with Crippen LogP contribution in [0, 0.1) is 0 Å². The van der Waals surface area contributed by atoms with E-state index in [0.29, 0.717) is 6.42 Å². The second-order valence-corrected chi connectivity index (χ2v) is 7.13. The van der Waals surface area contributed by atoms with Gasteiger partial charge in [-0.2, -0.15) is 0 Å². The SMILES string of the molecule is CCCCC(C(=O)OC)N(C)C1CCS(=O)(=O)C1. The van der Waals surface area contributed by atoms with Crippen LogP contribution in [0.15, 0.2) is 0 Å². The minimum atomic E-state index is -2.92. The molecule has 106 valence electrons. The first-order valence-corrected chi connectivity index (χ1v) is 8.23. The number of methoxy groups -OCH3 is 1. The van der Waals surface area contributed by atoms with Gasteiger partial charge in [0.15, 0.2) is 9.84 Å². The summed E-state index contributed by atoms with van der Waals surface area (Å²) in [5, 5.41) is 0. The Bertz CT molecular complexity index is 380. The molecular weight excluding hydrogens is 254 g/mol. The third-order valence-electron chi connectivity index (χ3n) is 3.58. The lowest BCUT2D eigenvalue weighted by atomic mass is 10.1. The number of esters is 1. The summed E-state index contributed by atoms with van der Waals surface area (Å²) >= 11 is 0. The van der Waals surface area contributed by atoms with Crippen molar-refractivity contribution in [1.29, 1.82) is 0 Å². The summed E-state index contributed by atoms with van der Waals surface area (Å²) in [6.45, 7) is 2.06. The van der Waals surface area contributed by atoms with Crippen molar-refractivity contribution >= 4 is 15.8 Å². The molecule has 1 heterocycles. The summed E-state index contributed by atoms with van der Waals surface area (Å²) in [5.41, 5.74) is 0. The highest BCUT2D eigenvalue weighted by Crippen LogP contribution is 2.21. The topological polar surface area (TPSA) is 63.7 Å². The molecule has 0 bridgehead atoms. The fraction of sp³-hybridized carbons (Fsp3) is 0.917. The van der Waals surface area contributed by atoms with Crippen molar-refractivity contribution in [2.45, 2.75) is 44.7 Å². The minimum absolute atomic E-state index is 0.0593. The third kappa shape index (κ3) is 3.95. The first-order valence-electron chi connectivity index (χ1n) is 6.41. The molecule has 1 aliphatic heterocycles. The molecule has 1 rings (SSSR count). The lowest BCUT2D eigenvalue weighted by Gasteiger charge is -2.30. The van der Waals surface area contributed by atoms with E-state index in [2.05, 4.69) is 6.92 Å². The fourth-order valence-electron chi connectivity index (χ4n) is 2.37. The van der Waals surface area contributed by atoms with Crippen molar-refractivity contribution in [3.05, 3.63) is 0 Å². The van der Waals surface area contributed by atoms with Crippen LogP contribution in [0.4, 0.5) is 0 Å². The molecule has 0 spiro atoms. The van der Waals surface area contributed by atoms with Gasteiger partial charge in [0.1, 0.15) is 6.04 Å². The quantitative estimate of drug-likeness (QED) is 0.673. The van der Waals surface area contributed by atoms with Gasteiger partial charge in [0.2, 0.25) is 0 Å². The van der Waals surface area contributed by atoms with E-state index in [9.17, 15) is 13.2 Å². The summed E-state index contributed by atoms with van der Waals surface area (Å²) in [7, 11) is 0.277. The number of carbonyl (C=O) groups is 1. The maximum absolute atomic E-state index is 11.8. The van der Waals surface area contributed by atoms with E-state index in [-0.39, 0.29) is 29.6 Å². The van der Waals surface area contributed by atoms with E-state index in [1.165, 1.54) is 7.11 Å². The van der Waals surface area contributed by atoms with Crippen LogP contribution in [-0.4, -0.2) is 57.0 Å². The summed E-state index contributed by atoms with van der Waals surface area (Å²) in [6.07, 6.45) is 3.27. The van der Waals surface area contributed by atoms with Crippen molar-refractivity contribution in [2.75, 3.05) is 25.7 Å². The zero-order chi connectivity index (χ0) is 13.8. The lowest BCUT2D eigenvalue weighted by molar-refractivity contribution is -0.147. The Morgan fingerprint density at radius 2 is 2.17 bits per heavy atom. The van der Waals surface area contributed by atoms with Gasteiger partial charge in [0, 0.05) is 6.04 Å². The molecule has 18 heavy (non-hydrogen) atoms. The van der Waals surface area contributed by atoms with Gasteiger partial charge in [-0.05, 0) is 19.9 Å². The van der Waals surface area contributed by atoms with Crippen LogP contribution in [-0.2, 0) is 19.4 Å². The molecule has 1 aliphatic rings. The lowest BCUT2D eigenvalue weighted by Crippen LogP contribution is -2.45. The molecule has 0 N–H and O–H groups in total. The van der Waals surface area contributed by atoms with Crippen LogP contribution in [0.2, 0.25) is 0 Å². The number of likely N-dealkylation sites (N-methyl/N-ethyl adjacent to an activating group) is 1. The van der Waals surface area contributed by atoms with E-state index in [4.69, 9.17) is 4.74 Å². The number of hydrogen-bond acceptors (Lipinski definition) is 5. The van der Waals surface area contributed by atoms with Gasteiger partial charge >= 0.3 is 5.97 Å². The Labute approximate surface area is 109 Å². The number of rotatable bonds is 6. The van der Waals surface area contributed by atoms with Crippen molar-refractivity contribution in [3.8, 4) is 0 Å². The van der Waals surface area contributed by atoms with E-state index in [1.54, 1.807) is 0 Å². The van der Waals surface area contributed by atoms with Crippen LogP contribution in [0.1, 0.15) is 32.6 Å². The van der Waals surface area contributed by atoms with Gasteiger partial charge in [-0.3, -0.25) is 9.69 Å². The molecule has 5 nitrogen and oxygen atoms in total. The molecule has 0 radical (unpaired) electrons. The second kappa shape index (κ2) is 6.52. The first-order chi connectivity index (χ1) is 8.41. The van der Waals surface area contributed by atoms with Crippen LogP contribution < -0.4 is 0 Å². The van der Waals surface area contributed by atoms with Gasteiger partial charge in [0.25, 0.3) is 0 Å². The van der Waals surface area contributed by atoms with Crippen LogP contribution in [0.5, 0.6) is 0 Å². The van der Waals surface area contributed by atoms with Gasteiger partial charge in [0.05, 0.1) is 18.6 Å². The van der Waals surface area contributed by atoms with E-state index < -0.39 is 9.84 Å². The van der Waals surface area contributed by atoms with Crippen molar-refractivity contribution in [1.82, 2.24) is 4.90 Å². The van der Waals surface area contributed by atoms with E-state index in [1.807, 2.05) is 11.9 Å². The Balaban J connectivity index is 2.70. The maximum Gasteiger partial charge on any atom is 0.323 e. The minimum Gasteiger partial charge on any atom is -0.468 e. The fourth-order valence-corrected chi connectivity index (χ4v) is 4.16. The van der Waals surface area contributed by atoms with Gasteiger partial charge in [-0.25, -0.2) is 8.42 Å². The Morgan fingerprint density at radius 3 is 2.61 bits per heavy atom. The number of sulfone groups is 1. The number of ether oxygens (including phenoxy) is 1. The third-order valence-corrected chi connectivity index (χ3v) is 5.33. The summed E-state index contributed by atoms with van der Waals surface area (Å²) < 4.78 is 27.8. The normalized spacial score (nSPS) is 24.1. The largest absolute Gasteiger partial charge is 0.468 e.